The van der Waals surface area contributed by atoms with Gasteiger partial charge in [-0.3, -0.25) is 0 Å². The van der Waals surface area contributed by atoms with Crippen molar-refractivity contribution in [3.8, 4) is 0 Å². The molecule has 5 heteroatoms. The number of nitrogens with zero attached hydrogens (tertiary/aromatic N) is 3. The molecule has 0 amide bonds. The van der Waals surface area contributed by atoms with E-state index in [4.69, 9.17) is 5.73 Å². The molecule has 0 spiro atoms. The largest absolute Gasteiger partial charge is 0.384 e. The number of anilines is 1. The Bertz CT molecular complexity index is 528. The van der Waals surface area contributed by atoms with Crippen LogP contribution in [0.25, 0.3) is 11.0 Å². The SMILES string of the molecule is Cn1cnc2cc(N)nc(C3CCSC3)c21. The molecule has 0 saturated carbocycles. The quantitative estimate of drug-likeness (QED) is 0.817. The van der Waals surface area contributed by atoms with Crippen molar-refractivity contribution in [2.24, 2.45) is 7.05 Å². The molecule has 84 valence electrons. The normalized spacial score (nSPS) is 20.7. The monoisotopic (exact) mass is 234 g/mol. The van der Waals surface area contributed by atoms with Gasteiger partial charge in [-0.05, 0) is 12.2 Å². The number of hydrogen-bond donors (Lipinski definition) is 1. The molecular formula is C11H14N4S. The summed E-state index contributed by atoms with van der Waals surface area (Å²) in [5, 5.41) is 0. The molecule has 1 aliphatic heterocycles. The highest BCUT2D eigenvalue weighted by Gasteiger charge is 2.23. The molecule has 1 saturated heterocycles. The first-order chi connectivity index (χ1) is 7.75. The van der Waals surface area contributed by atoms with Crippen LogP contribution in [0.1, 0.15) is 18.0 Å². The Morgan fingerprint density at radius 2 is 2.44 bits per heavy atom. The number of thioether (sulfide) groups is 1. The minimum Gasteiger partial charge on any atom is -0.384 e. The summed E-state index contributed by atoms with van der Waals surface area (Å²) in [5.41, 5.74) is 9.06. The van der Waals surface area contributed by atoms with E-state index < -0.39 is 0 Å². The van der Waals surface area contributed by atoms with E-state index in [1.165, 1.54) is 12.2 Å². The Balaban J connectivity index is 2.23. The number of pyridine rings is 1. The summed E-state index contributed by atoms with van der Waals surface area (Å²) >= 11 is 1.99. The number of fused-ring (bicyclic) bond motifs is 1. The highest BCUT2D eigenvalue weighted by atomic mass is 32.2. The van der Waals surface area contributed by atoms with Gasteiger partial charge in [-0.15, -0.1) is 0 Å². The van der Waals surface area contributed by atoms with Crippen molar-refractivity contribution >= 4 is 28.6 Å². The zero-order chi connectivity index (χ0) is 11.1. The van der Waals surface area contributed by atoms with Gasteiger partial charge in [0.1, 0.15) is 5.82 Å². The molecule has 0 bridgehead atoms. The van der Waals surface area contributed by atoms with Crippen molar-refractivity contribution in [3.05, 3.63) is 18.1 Å². The summed E-state index contributed by atoms with van der Waals surface area (Å²) in [4.78, 5) is 8.87. The van der Waals surface area contributed by atoms with Gasteiger partial charge in [0, 0.05) is 24.8 Å². The molecule has 3 heterocycles. The third-order valence-electron chi connectivity index (χ3n) is 3.06. The van der Waals surface area contributed by atoms with Crippen LogP contribution in [0.2, 0.25) is 0 Å². The van der Waals surface area contributed by atoms with Gasteiger partial charge < -0.3 is 10.3 Å². The first kappa shape index (κ1) is 9.96. The lowest BCUT2D eigenvalue weighted by Gasteiger charge is -2.11. The Hall–Kier alpha value is -1.23. The fraction of sp³-hybridized carbons (Fsp3) is 0.455. The van der Waals surface area contributed by atoms with Gasteiger partial charge in [0.2, 0.25) is 0 Å². The first-order valence-corrected chi connectivity index (χ1v) is 6.56. The summed E-state index contributed by atoms with van der Waals surface area (Å²) in [6.07, 6.45) is 3.03. The van der Waals surface area contributed by atoms with Crippen LogP contribution in [0.15, 0.2) is 12.4 Å². The molecule has 1 aliphatic rings. The average Bonchev–Trinajstić information content (AvgIpc) is 2.87. The van der Waals surface area contributed by atoms with Crippen molar-refractivity contribution in [1.82, 2.24) is 14.5 Å². The van der Waals surface area contributed by atoms with Gasteiger partial charge in [-0.2, -0.15) is 11.8 Å². The predicted molar refractivity (Wildman–Crippen MR) is 67.6 cm³/mol. The molecule has 0 aromatic carbocycles. The summed E-state index contributed by atoms with van der Waals surface area (Å²) < 4.78 is 2.04. The number of aryl methyl sites for hydroxylation is 1. The number of aromatic nitrogens is 3. The van der Waals surface area contributed by atoms with Gasteiger partial charge in [-0.25, -0.2) is 9.97 Å². The van der Waals surface area contributed by atoms with E-state index in [0.717, 1.165) is 22.5 Å². The fourth-order valence-electron chi connectivity index (χ4n) is 2.27. The van der Waals surface area contributed by atoms with Crippen LogP contribution in [-0.4, -0.2) is 26.0 Å². The number of imidazole rings is 1. The maximum atomic E-state index is 5.83. The standard InChI is InChI=1S/C11H14N4S/c1-15-6-13-8-4-9(12)14-10(11(8)15)7-2-3-16-5-7/h4,6-7H,2-3,5H2,1H3,(H2,12,14). The van der Waals surface area contributed by atoms with Crippen molar-refractivity contribution in [2.45, 2.75) is 12.3 Å². The van der Waals surface area contributed by atoms with Crippen molar-refractivity contribution in [2.75, 3.05) is 17.2 Å². The highest BCUT2D eigenvalue weighted by Crippen LogP contribution is 2.35. The summed E-state index contributed by atoms with van der Waals surface area (Å²) in [6.45, 7) is 0. The van der Waals surface area contributed by atoms with Gasteiger partial charge in [0.25, 0.3) is 0 Å². The molecule has 1 unspecified atom stereocenters. The van der Waals surface area contributed by atoms with E-state index in [0.29, 0.717) is 11.7 Å². The molecule has 0 radical (unpaired) electrons. The third-order valence-corrected chi connectivity index (χ3v) is 4.22. The number of nitrogen functional groups attached to an aromatic ring is 1. The van der Waals surface area contributed by atoms with E-state index >= 15 is 0 Å². The molecule has 16 heavy (non-hydrogen) atoms. The summed E-state index contributed by atoms with van der Waals surface area (Å²) in [5.74, 6) is 3.49. The molecule has 3 rings (SSSR count). The Morgan fingerprint density at radius 3 is 3.19 bits per heavy atom. The smallest absolute Gasteiger partial charge is 0.125 e. The second-order valence-electron chi connectivity index (χ2n) is 4.22. The topological polar surface area (TPSA) is 56.7 Å². The zero-order valence-corrected chi connectivity index (χ0v) is 10.00. The van der Waals surface area contributed by atoms with Gasteiger partial charge in [-0.1, -0.05) is 0 Å². The number of rotatable bonds is 1. The van der Waals surface area contributed by atoms with Gasteiger partial charge in [0.15, 0.2) is 0 Å². The van der Waals surface area contributed by atoms with Crippen molar-refractivity contribution in [1.29, 1.82) is 0 Å². The van der Waals surface area contributed by atoms with Crippen molar-refractivity contribution < 1.29 is 0 Å². The molecule has 2 N–H and O–H groups in total. The molecular weight excluding hydrogens is 220 g/mol. The Morgan fingerprint density at radius 1 is 1.56 bits per heavy atom. The second kappa shape index (κ2) is 3.66. The minimum atomic E-state index is 0.534. The van der Waals surface area contributed by atoms with Gasteiger partial charge >= 0.3 is 0 Å². The molecule has 4 nitrogen and oxygen atoms in total. The summed E-state index contributed by atoms with van der Waals surface area (Å²) in [7, 11) is 2.01. The lowest BCUT2D eigenvalue weighted by molar-refractivity contribution is 0.753. The van der Waals surface area contributed by atoms with Crippen LogP contribution in [0.5, 0.6) is 0 Å². The predicted octanol–water partition coefficient (Wildman–Crippen LogP) is 1.77. The maximum absolute atomic E-state index is 5.83. The van der Waals surface area contributed by atoms with E-state index in [9.17, 15) is 0 Å². The lowest BCUT2D eigenvalue weighted by atomic mass is 10.0. The first-order valence-electron chi connectivity index (χ1n) is 5.41. The summed E-state index contributed by atoms with van der Waals surface area (Å²) in [6, 6.07) is 1.85. The lowest BCUT2D eigenvalue weighted by Crippen LogP contribution is -2.05. The van der Waals surface area contributed by atoms with Crippen molar-refractivity contribution in [3.63, 3.8) is 0 Å². The highest BCUT2D eigenvalue weighted by molar-refractivity contribution is 7.99. The maximum Gasteiger partial charge on any atom is 0.125 e. The van der Waals surface area contributed by atoms with E-state index in [1.807, 2.05) is 35.8 Å². The van der Waals surface area contributed by atoms with Crippen LogP contribution in [0, 0.1) is 0 Å². The molecule has 2 aromatic rings. The average molecular weight is 234 g/mol. The second-order valence-corrected chi connectivity index (χ2v) is 5.37. The van der Waals surface area contributed by atoms with E-state index in [1.54, 1.807) is 0 Å². The molecule has 2 aromatic heterocycles. The Labute approximate surface area is 98.3 Å². The van der Waals surface area contributed by atoms with Crippen LogP contribution in [-0.2, 0) is 7.05 Å². The molecule has 1 atom stereocenters. The van der Waals surface area contributed by atoms with Crippen LogP contribution in [0.3, 0.4) is 0 Å². The van der Waals surface area contributed by atoms with Crippen LogP contribution < -0.4 is 5.73 Å². The molecule has 0 aliphatic carbocycles. The van der Waals surface area contributed by atoms with E-state index in [-0.39, 0.29) is 0 Å². The molecule has 1 fully saturated rings. The number of hydrogen-bond acceptors (Lipinski definition) is 4. The van der Waals surface area contributed by atoms with Crippen LogP contribution in [0.4, 0.5) is 5.82 Å². The Kier molecular flexibility index (Phi) is 2.28. The third kappa shape index (κ3) is 1.46. The van der Waals surface area contributed by atoms with E-state index in [2.05, 4.69) is 9.97 Å². The minimum absolute atomic E-state index is 0.534. The zero-order valence-electron chi connectivity index (χ0n) is 9.18. The van der Waals surface area contributed by atoms with Gasteiger partial charge in [0.05, 0.1) is 23.1 Å². The number of nitrogens with two attached hydrogens (primary N) is 1. The van der Waals surface area contributed by atoms with Crippen LogP contribution >= 0.6 is 11.8 Å². The fourth-order valence-corrected chi connectivity index (χ4v) is 3.49.